The fourth-order valence-corrected chi connectivity index (χ4v) is 9.78. The number of unbranched alkanes of at least 4 members (excludes halogenated alkanes) is 2. The van der Waals surface area contributed by atoms with Crippen LogP contribution < -0.4 is 30.5 Å². The van der Waals surface area contributed by atoms with Gasteiger partial charge in [-0.2, -0.15) is 0 Å². The number of hydrogen-bond acceptors (Lipinski definition) is 14. The number of aromatic nitrogens is 2. The van der Waals surface area contributed by atoms with Crippen molar-refractivity contribution in [2.45, 2.75) is 38.5 Å². The zero-order chi connectivity index (χ0) is 50.1. The Labute approximate surface area is 418 Å². The van der Waals surface area contributed by atoms with Crippen LogP contribution in [0.5, 0.6) is 11.5 Å². The number of fused-ring (bicyclic) bond motifs is 4. The maximum Gasteiger partial charge on any atom is 0.513 e. The van der Waals surface area contributed by atoms with Gasteiger partial charge in [0.25, 0.3) is 0 Å². The van der Waals surface area contributed by atoms with Crippen LogP contribution in [0.2, 0.25) is 5.02 Å². The largest absolute Gasteiger partial charge is 0.513 e. The lowest BCUT2D eigenvalue weighted by Crippen LogP contribution is -2.46. The summed E-state index contributed by atoms with van der Waals surface area (Å²) in [4.78, 5) is 62.8. The van der Waals surface area contributed by atoms with Crippen molar-refractivity contribution in [1.82, 2.24) is 19.8 Å². The van der Waals surface area contributed by atoms with E-state index in [9.17, 15) is 23.6 Å². The highest BCUT2D eigenvalue weighted by Gasteiger charge is 2.22. The van der Waals surface area contributed by atoms with E-state index in [-0.39, 0.29) is 11.2 Å². The molecule has 2 aliphatic heterocycles. The summed E-state index contributed by atoms with van der Waals surface area (Å²) < 4.78 is 43.6. The number of benzene rings is 4. The summed E-state index contributed by atoms with van der Waals surface area (Å²) in [6, 6.07) is 23.9. The van der Waals surface area contributed by atoms with E-state index in [1.807, 2.05) is 48.8 Å². The van der Waals surface area contributed by atoms with Gasteiger partial charge < -0.3 is 47.5 Å². The van der Waals surface area contributed by atoms with Crippen LogP contribution >= 0.6 is 11.6 Å². The highest BCUT2D eigenvalue weighted by molar-refractivity contribution is 6.31. The summed E-state index contributed by atoms with van der Waals surface area (Å²) in [5.74, 6) is 0.512. The SMILES string of the molecule is COC(=O)Oc1ccc2[nH]cc(CCCCN3CCN(c4cc(=O)oc5cc(Cl)ccc45)CC3)c2c1.COC(=O)Oc1ccc2[nH]cc(CCCCN3CCN(c4cc(=O)oc5cc(F)ccc45)CC3)c2c1. The number of methoxy groups -OCH3 is 2. The van der Waals surface area contributed by atoms with Crippen molar-refractivity contribution in [1.29, 1.82) is 0 Å². The van der Waals surface area contributed by atoms with E-state index < -0.39 is 23.8 Å². The first-order valence-corrected chi connectivity index (χ1v) is 24.5. The van der Waals surface area contributed by atoms with Crippen LogP contribution in [-0.4, -0.2) is 112 Å². The molecule has 4 aromatic carbocycles. The van der Waals surface area contributed by atoms with Gasteiger partial charge in [0.05, 0.1) is 25.6 Å². The predicted molar refractivity (Wildman–Crippen MR) is 276 cm³/mol. The number of nitrogens with zero attached hydrogens (tertiary/aromatic N) is 4. The van der Waals surface area contributed by atoms with Gasteiger partial charge in [0.15, 0.2) is 0 Å². The summed E-state index contributed by atoms with van der Waals surface area (Å²) >= 11 is 6.07. The first kappa shape index (κ1) is 49.6. The standard InChI is InChI=1S/C27H28ClN3O5.C27H28FN3O5/c2*1-34-27(33)35-20-6-8-23-22(15-20)18(17-29-23)4-2-3-9-30-10-12-31(13-11-30)24-16-26(32)36-25-14-19(28)5-7-21(24)25/h2*5-8,14-17,29H,2-4,9-13H2,1H3. The number of carbonyl (C=O) groups is 2. The van der Waals surface area contributed by atoms with E-state index in [4.69, 9.17) is 29.9 Å². The van der Waals surface area contributed by atoms with Gasteiger partial charge in [0, 0.05) is 127 Å². The molecule has 18 heteroatoms. The Morgan fingerprint density at radius 3 is 1.50 bits per heavy atom. The molecule has 16 nitrogen and oxygen atoms in total. The zero-order valence-electron chi connectivity index (χ0n) is 40.2. The van der Waals surface area contributed by atoms with Crippen molar-refractivity contribution >= 4 is 79.0 Å². The van der Waals surface area contributed by atoms with Crippen molar-refractivity contribution in [3.8, 4) is 11.5 Å². The van der Waals surface area contributed by atoms with E-state index in [0.29, 0.717) is 22.1 Å². The van der Waals surface area contributed by atoms with Gasteiger partial charge >= 0.3 is 23.6 Å². The summed E-state index contributed by atoms with van der Waals surface area (Å²) in [6.45, 7) is 8.99. The first-order valence-electron chi connectivity index (χ1n) is 24.1. The lowest BCUT2D eigenvalue weighted by Gasteiger charge is -2.36. The maximum absolute atomic E-state index is 13.6. The molecule has 72 heavy (non-hydrogen) atoms. The molecule has 2 fully saturated rings. The summed E-state index contributed by atoms with van der Waals surface area (Å²) in [5.41, 5.74) is 6.11. The Morgan fingerprint density at radius 1 is 0.569 bits per heavy atom. The molecule has 2 saturated heterocycles. The number of aromatic amines is 2. The molecule has 0 saturated carbocycles. The molecular formula is C54H56ClFN6O10. The van der Waals surface area contributed by atoms with Crippen molar-refractivity contribution in [2.24, 2.45) is 0 Å². The Hall–Kier alpha value is -7.34. The molecule has 0 unspecified atom stereocenters. The Balaban J connectivity index is 0.000000178. The van der Waals surface area contributed by atoms with E-state index in [1.165, 1.54) is 43.5 Å². The van der Waals surface area contributed by atoms with Gasteiger partial charge in [-0.3, -0.25) is 9.80 Å². The van der Waals surface area contributed by atoms with Crippen molar-refractivity contribution in [3.05, 3.63) is 140 Å². The lowest BCUT2D eigenvalue weighted by atomic mass is 10.1. The molecule has 4 aromatic heterocycles. The number of carbonyl (C=O) groups excluding carboxylic acids is 2. The molecule has 0 bridgehead atoms. The molecule has 2 aliphatic rings. The number of anilines is 2. The number of hydrogen-bond donors (Lipinski definition) is 2. The second kappa shape index (κ2) is 22.8. The molecule has 0 aliphatic carbocycles. The smallest absolute Gasteiger partial charge is 0.437 e. The molecule has 2 N–H and O–H groups in total. The third-order valence-electron chi connectivity index (χ3n) is 13.3. The number of ether oxygens (including phenoxy) is 4. The number of aryl methyl sites for hydroxylation is 2. The number of piperazine rings is 2. The number of rotatable bonds is 14. The third kappa shape index (κ3) is 12.0. The Morgan fingerprint density at radius 2 is 1.03 bits per heavy atom. The van der Waals surface area contributed by atoms with Crippen molar-refractivity contribution < 1.29 is 41.8 Å². The van der Waals surface area contributed by atoms with E-state index in [2.05, 4.69) is 39.0 Å². The summed E-state index contributed by atoms with van der Waals surface area (Å²) in [5, 5.41) is 4.32. The lowest BCUT2D eigenvalue weighted by molar-refractivity contribution is 0.120. The molecule has 376 valence electrons. The average molecular weight is 1000 g/mol. The highest BCUT2D eigenvalue weighted by Crippen LogP contribution is 2.31. The summed E-state index contributed by atoms with van der Waals surface area (Å²) in [7, 11) is 2.58. The van der Waals surface area contributed by atoms with Gasteiger partial charge in [0.2, 0.25) is 0 Å². The minimum Gasteiger partial charge on any atom is -0.437 e. The topological polar surface area (TPSA) is 176 Å². The fourth-order valence-electron chi connectivity index (χ4n) is 9.62. The molecule has 0 amide bonds. The third-order valence-corrected chi connectivity index (χ3v) is 13.6. The molecule has 6 heterocycles. The van der Waals surface area contributed by atoms with Crippen molar-refractivity contribution in [3.63, 3.8) is 0 Å². The van der Waals surface area contributed by atoms with Gasteiger partial charge in [-0.15, -0.1) is 0 Å². The normalized spacial score (nSPS) is 14.4. The van der Waals surface area contributed by atoms with E-state index in [0.717, 1.165) is 148 Å². The number of nitrogens with one attached hydrogen (secondary N) is 2. The van der Waals surface area contributed by atoms with Crippen LogP contribution in [0.3, 0.4) is 0 Å². The van der Waals surface area contributed by atoms with Gasteiger partial charge in [-0.1, -0.05) is 11.6 Å². The summed E-state index contributed by atoms with van der Waals surface area (Å²) in [6.07, 6.45) is 8.68. The van der Waals surface area contributed by atoms with Gasteiger partial charge in [0.1, 0.15) is 28.5 Å². The van der Waals surface area contributed by atoms with Crippen LogP contribution in [0, 0.1) is 5.82 Å². The minimum atomic E-state index is -0.732. The second-order valence-corrected chi connectivity index (χ2v) is 18.3. The molecule has 0 spiro atoms. The van der Waals surface area contributed by atoms with E-state index in [1.54, 1.807) is 30.3 Å². The highest BCUT2D eigenvalue weighted by atomic mass is 35.5. The Bertz CT molecular complexity index is 3100. The van der Waals surface area contributed by atoms with Crippen LogP contribution in [0.15, 0.2) is 116 Å². The molecule has 10 rings (SSSR count). The zero-order valence-corrected chi connectivity index (χ0v) is 40.9. The number of H-pyrrole nitrogens is 2. The second-order valence-electron chi connectivity index (χ2n) is 17.9. The Kier molecular flexibility index (Phi) is 15.7. The van der Waals surface area contributed by atoms with Crippen LogP contribution in [-0.2, 0) is 22.3 Å². The van der Waals surface area contributed by atoms with Crippen LogP contribution in [0.25, 0.3) is 43.7 Å². The maximum atomic E-state index is 13.6. The van der Waals surface area contributed by atoms with Gasteiger partial charge in [-0.25, -0.2) is 23.6 Å². The molecular weight excluding hydrogens is 947 g/mol. The average Bonchev–Trinajstić information content (AvgIpc) is 3.99. The van der Waals surface area contributed by atoms with Gasteiger partial charge in [-0.05, 0) is 123 Å². The molecule has 0 atom stereocenters. The predicted octanol–water partition coefficient (Wildman–Crippen LogP) is 9.92. The molecule has 8 aromatic rings. The molecule has 0 radical (unpaired) electrons. The van der Waals surface area contributed by atoms with Crippen LogP contribution in [0.4, 0.5) is 25.4 Å². The van der Waals surface area contributed by atoms with Crippen LogP contribution in [0.1, 0.15) is 36.8 Å². The first-order chi connectivity index (χ1) is 35.0. The quantitative estimate of drug-likeness (QED) is 0.0456. The van der Waals surface area contributed by atoms with E-state index >= 15 is 0 Å². The number of halogens is 2. The fraction of sp³-hybridized carbons (Fsp3) is 0.333. The monoisotopic (exact) mass is 1000 g/mol. The van der Waals surface area contributed by atoms with Crippen molar-refractivity contribution in [2.75, 3.05) is 89.5 Å². The minimum absolute atomic E-state index is 0.279.